The largest absolute Gasteiger partial charge is 0.389 e. The summed E-state index contributed by atoms with van der Waals surface area (Å²) < 4.78 is 5.39. The number of aliphatic hydroxyl groups excluding tert-OH is 1. The van der Waals surface area contributed by atoms with Gasteiger partial charge < -0.3 is 20.1 Å². The van der Waals surface area contributed by atoms with Gasteiger partial charge in [0, 0.05) is 25.7 Å². The average Bonchev–Trinajstić information content (AvgIpc) is 2.38. The Morgan fingerprint density at radius 2 is 1.89 bits per heavy atom. The van der Waals surface area contributed by atoms with Crippen LogP contribution in [-0.2, 0) is 4.74 Å². The molecule has 4 nitrogen and oxygen atoms in total. The molecule has 0 radical (unpaired) electrons. The van der Waals surface area contributed by atoms with Gasteiger partial charge in [-0.05, 0) is 26.4 Å². The third kappa shape index (κ3) is 9.83. The van der Waals surface area contributed by atoms with Crippen molar-refractivity contribution in [3.05, 3.63) is 0 Å². The molecular weight excluding hydrogens is 228 g/mol. The van der Waals surface area contributed by atoms with Crippen LogP contribution >= 0.6 is 0 Å². The fraction of sp³-hybridized carbons (Fsp3) is 1.00. The second kappa shape index (κ2) is 11.9. The van der Waals surface area contributed by atoms with Gasteiger partial charge in [0.15, 0.2) is 0 Å². The summed E-state index contributed by atoms with van der Waals surface area (Å²) in [4.78, 5) is 2.38. The first-order chi connectivity index (χ1) is 8.63. The molecule has 0 aliphatic heterocycles. The molecule has 0 heterocycles. The normalized spacial score (nSPS) is 15.0. The Kier molecular flexibility index (Phi) is 11.8. The highest BCUT2D eigenvalue weighted by atomic mass is 16.5. The van der Waals surface area contributed by atoms with Crippen molar-refractivity contribution in [1.82, 2.24) is 10.2 Å². The lowest BCUT2D eigenvalue weighted by Crippen LogP contribution is -2.42. The number of unbranched alkanes of at least 4 members (excludes halogenated alkanes) is 1. The van der Waals surface area contributed by atoms with E-state index in [4.69, 9.17) is 4.74 Å². The molecule has 4 heteroatoms. The molecule has 0 aromatic rings. The molecular formula is C14H32N2O2. The molecule has 0 rings (SSSR count). The monoisotopic (exact) mass is 260 g/mol. The molecule has 0 spiro atoms. The van der Waals surface area contributed by atoms with Crippen LogP contribution in [-0.4, -0.2) is 61.5 Å². The predicted molar refractivity (Wildman–Crippen MR) is 77.0 cm³/mol. The lowest BCUT2D eigenvalue weighted by atomic mass is 10.2. The highest BCUT2D eigenvalue weighted by Gasteiger charge is 2.09. The summed E-state index contributed by atoms with van der Waals surface area (Å²) in [6, 6.07) is 0.398. The molecule has 2 N–H and O–H groups in total. The predicted octanol–water partition coefficient (Wildman–Crippen LogP) is 1.48. The number of nitrogens with one attached hydrogen (secondary N) is 1. The Labute approximate surface area is 113 Å². The lowest BCUT2D eigenvalue weighted by molar-refractivity contribution is 0.0343. The van der Waals surface area contributed by atoms with Crippen molar-refractivity contribution >= 4 is 0 Å². The van der Waals surface area contributed by atoms with E-state index < -0.39 is 6.10 Å². The molecule has 0 aliphatic rings. The number of likely N-dealkylation sites (N-methyl/N-ethyl adjacent to an activating group) is 1. The van der Waals surface area contributed by atoms with Crippen LogP contribution in [0.2, 0.25) is 0 Å². The molecule has 2 unspecified atom stereocenters. The fourth-order valence-corrected chi connectivity index (χ4v) is 1.80. The van der Waals surface area contributed by atoms with Crippen molar-refractivity contribution < 1.29 is 9.84 Å². The minimum absolute atomic E-state index is 0.398. The first kappa shape index (κ1) is 17.8. The van der Waals surface area contributed by atoms with Crippen molar-refractivity contribution in [2.75, 3.05) is 39.4 Å². The van der Waals surface area contributed by atoms with Gasteiger partial charge in [-0.3, -0.25) is 0 Å². The van der Waals surface area contributed by atoms with Crippen LogP contribution in [0.15, 0.2) is 0 Å². The SMILES string of the molecule is CCCCOCC(O)CNC(C)CN(CC)CC. The van der Waals surface area contributed by atoms with Crippen LogP contribution in [0, 0.1) is 0 Å². The summed E-state index contributed by atoms with van der Waals surface area (Å²) in [5.74, 6) is 0. The third-order valence-electron chi connectivity index (χ3n) is 3.08. The third-order valence-corrected chi connectivity index (χ3v) is 3.08. The minimum Gasteiger partial charge on any atom is -0.389 e. The number of nitrogens with zero attached hydrogens (tertiary/aromatic N) is 1. The number of aliphatic hydroxyl groups is 1. The summed E-state index contributed by atoms with van der Waals surface area (Å²) in [5.41, 5.74) is 0. The molecule has 0 saturated heterocycles. The number of ether oxygens (including phenoxy) is 1. The Morgan fingerprint density at radius 1 is 1.22 bits per heavy atom. The van der Waals surface area contributed by atoms with Crippen LogP contribution in [0.3, 0.4) is 0 Å². The molecule has 0 aliphatic carbocycles. The van der Waals surface area contributed by atoms with Gasteiger partial charge in [-0.15, -0.1) is 0 Å². The zero-order valence-corrected chi connectivity index (χ0v) is 12.6. The standard InChI is InChI=1S/C14H32N2O2/c1-5-8-9-18-12-14(17)10-15-13(4)11-16(6-2)7-3/h13-15,17H,5-12H2,1-4H3. The lowest BCUT2D eigenvalue weighted by Gasteiger charge is -2.24. The second-order valence-corrected chi connectivity index (χ2v) is 4.88. The van der Waals surface area contributed by atoms with E-state index in [2.05, 4.69) is 37.9 Å². The van der Waals surface area contributed by atoms with E-state index in [0.29, 0.717) is 19.2 Å². The van der Waals surface area contributed by atoms with E-state index in [0.717, 1.165) is 39.1 Å². The summed E-state index contributed by atoms with van der Waals surface area (Å²) in [6.07, 6.45) is 1.80. The highest BCUT2D eigenvalue weighted by molar-refractivity contribution is 4.68. The first-order valence-electron chi connectivity index (χ1n) is 7.35. The van der Waals surface area contributed by atoms with E-state index in [1.54, 1.807) is 0 Å². The van der Waals surface area contributed by atoms with Crippen LogP contribution in [0.5, 0.6) is 0 Å². The fourth-order valence-electron chi connectivity index (χ4n) is 1.80. The summed E-state index contributed by atoms with van der Waals surface area (Å²) in [6.45, 7) is 13.6. The maximum atomic E-state index is 9.74. The van der Waals surface area contributed by atoms with Gasteiger partial charge in [0.2, 0.25) is 0 Å². The zero-order valence-electron chi connectivity index (χ0n) is 12.6. The minimum atomic E-state index is -0.402. The smallest absolute Gasteiger partial charge is 0.0897 e. The summed E-state index contributed by atoms with van der Waals surface area (Å²) in [5, 5.41) is 13.1. The Hall–Kier alpha value is -0.160. The zero-order chi connectivity index (χ0) is 13.8. The van der Waals surface area contributed by atoms with Gasteiger partial charge in [0.1, 0.15) is 0 Å². The van der Waals surface area contributed by atoms with E-state index in [9.17, 15) is 5.11 Å². The molecule has 2 atom stereocenters. The van der Waals surface area contributed by atoms with Gasteiger partial charge >= 0.3 is 0 Å². The van der Waals surface area contributed by atoms with Gasteiger partial charge in [0.25, 0.3) is 0 Å². The second-order valence-electron chi connectivity index (χ2n) is 4.88. The van der Waals surface area contributed by atoms with E-state index >= 15 is 0 Å². The Morgan fingerprint density at radius 3 is 2.44 bits per heavy atom. The van der Waals surface area contributed by atoms with Crippen LogP contribution < -0.4 is 5.32 Å². The molecule has 0 saturated carbocycles. The van der Waals surface area contributed by atoms with Crippen molar-refractivity contribution in [1.29, 1.82) is 0 Å². The van der Waals surface area contributed by atoms with Crippen molar-refractivity contribution in [2.24, 2.45) is 0 Å². The highest BCUT2D eigenvalue weighted by Crippen LogP contribution is 1.94. The summed E-state index contributed by atoms with van der Waals surface area (Å²) >= 11 is 0. The van der Waals surface area contributed by atoms with Gasteiger partial charge in [-0.25, -0.2) is 0 Å². The molecule has 110 valence electrons. The van der Waals surface area contributed by atoms with Crippen LogP contribution in [0.4, 0.5) is 0 Å². The van der Waals surface area contributed by atoms with E-state index in [1.165, 1.54) is 0 Å². The van der Waals surface area contributed by atoms with Gasteiger partial charge in [-0.2, -0.15) is 0 Å². The molecule has 0 amide bonds. The van der Waals surface area contributed by atoms with Gasteiger partial charge in [-0.1, -0.05) is 27.2 Å². The molecule has 0 aromatic heterocycles. The topological polar surface area (TPSA) is 44.7 Å². The maximum Gasteiger partial charge on any atom is 0.0897 e. The van der Waals surface area contributed by atoms with E-state index in [1.807, 2.05) is 0 Å². The van der Waals surface area contributed by atoms with E-state index in [-0.39, 0.29) is 0 Å². The first-order valence-corrected chi connectivity index (χ1v) is 7.35. The Balaban J connectivity index is 3.54. The molecule has 18 heavy (non-hydrogen) atoms. The Bertz CT molecular complexity index is 175. The molecule has 0 bridgehead atoms. The number of hydrogen-bond donors (Lipinski definition) is 2. The maximum absolute atomic E-state index is 9.74. The quantitative estimate of drug-likeness (QED) is 0.522. The van der Waals surface area contributed by atoms with Gasteiger partial charge in [0.05, 0.1) is 12.7 Å². The molecule has 0 fully saturated rings. The summed E-state index contributed by atoms with van der Waals surface area (Å²) in [7, 11) is 0. The van der Waals surface area contributed by atoms with Crippen molar-refractivity contribution in [3.8, 4) is 0 Å². The number of rotatable bonds is 12. The van der Waals surface area contributed by atoms with Crippen molar-refractivity contribution in [3.63, 3.8) is 0 Å². The molecule has 0 aromatic carbocycles. The van der Waals surface area contributed by atoms with Crippen molar-refractivity contribution in [2.45, 2.75) is 52.7 Å². The van der Waals surface area contributed by atoms with Crippen LogP contribution in [0.1, 0.15) is 40.5 Å². The van der Waals surface area contributed by atoms with Crippen LogP contribution in [0.25, 0.3) is 0 Å². The number of hydrogen-bond acceptors (Lipinski definition) is 4. The average molecular weight is 260 g/mol.